The van der Waals surface area contributed by atoms with Gasteiger partial charge in [0.25, 0.3) is 0 Å². The molecule has 1 N–H and O–H groups in total. The molecule has 0 bridgehead atoms. The van der Waals surface area contributed by atoms with Crippen LogP contribution in [0, 0.1) is 11.7 Å². The van der Waals surface area contributed by atoms with Crippen LogP contribution in [0.2, 0.25) is 0 Å². The summed E-state index contributed by atoms with van der Waals surface area (Å²) < 4.78 is 41.6. The lowest BCUT2D eigenvalue weighted by molar-refractivity contribution is -0.128. The number of nitrogens with one attached hydrogen (secondary N) is 1. The molecule has 0 unspecified atom stereocenters. The number of sulfonamides is 1. The molecule has 1 aliphatic heterocycles. The fourth-order valence-corrected chi connectivity index (χ4v) is 2.79. The monoisotopic (exact) mass is 316 g/mol. The highest BCUT2D eigenvalue weighted by atomic mass is 32.2. The number of nitrogens with zero attached hydrogens (tertiary/aromatic N) is 1. The van der Waals surface area contributed by atoms with Gasteiger partial charge >= 0.3 is 0 Å². The van der Waals surface area contributed by atoms with E-state index >= 15 is 0 Å². The summed E-state index contributed by atoms with van der Waals surface area (Å²) in [4.78, 5) is 11.7. The van der Waals surface area contributed by atoms with Gasteiger partial charge in [0, 0.05) is 13.1 Å². The minimum Gasteiger partial charge on any atom is -0.492 e. The highest BCUT2D eigenvalue weighted by Gasteiger charge is 2.37. The number of amides is 1. The molecule has 21 heavy (non-hydrogen) atoms. The zero-order valence-corrected chi connectivity index (χ0v) is 12.4. The predicted octanol–water partition coefficient (Wildman–Crippen LogP) is 0.212. The largest absolute Gasteiger partial charge is 0.492 e. The fourth-order valence-electron chi connectivity index (χ4n) is 1.89. The van der Waals surface area contributed by atoms with Crippen LogP contribution in [0.3, 0.4) is 0 Å². The Bertz CT molecular complexity index is 597. The first kappa shape index (κ1) is 15.7. The topological polar surface area (TPSA) is 75.7 Å². The quantitative estimate of drug-likeness (QED) is 0.762. The summed E-state index contributed by atoms with van der Waals surface area (Å²) in [5, 5.41) is 2.68. The number of hydrogen-bond acceptors (Lipinski definition) is 4. The first-order valence-electron chi connectivity index (χ1n) is 6.47. The van der Waals surface area contributed by atoms with Gasteiger partial charge in [-0.25, -0.2) is 17.1 Å². The van der Waals surface area contributed by atoms with Crippen LogP contribution in [0.1, 0.15) is 0 Å². The highest BCUT2D eigenvalue weighted by Crippen LogP contribution is 2.18. The molecular weight excluding hydrogens is 299 g/mol. The van der Waals surface area contributed by atoms with Crippen LogP contribution in [0.25, 0.3) is 0 Å². The van der Waals surface area contributed by atoms with Gasteiger partial charge in [-0.15, -0.1) is 0 Å². The van der Waals surface area contributed by atoms with Gasteiger partial charge in [0.05, 0.1) is 18.7 Å². The summed E-state index contributed by atoms with van der Waals surface area (Å²) >= 11 is 0. The van der Waals surface area contributed by atoms with Crippen molar-refractivity contribution in [3.63, 3.8) is 0 Å². The van der Waals surface area contributed by atoms with Gasteiger partial charge in [-0.3, -0.25) is 4.79 Å². The van der Waals surface area contributed by atoms with Gasteiger partial charge < -0.3 is 10.1 Å². The van der Waals surface area contributed by atoms with Crippen molar-refractivity contribution in [1.29, 1.82) is 0 Å². The summed E-state index contributed by atoms with van der Waals surface area (Å²) in [7, 11) is -3.20. The first-order chi connectivity index (χ1) is 9.86. The van der Waals surface area contributed by atoms with Crippen molar-refractivity contribution in [2.24, 2.45) is 5.92 Å². The number of carbonyl (C=O) groups is 1. The van der Waals surface area contributed by atoms with Crippen molar-refractivity contribution in [2.75, 3.05) is 32.5 Å². The fraction of sp³-hybridized carbons (Fsp3) is 0.462. The lowest BCUT2D eigenvalue weighted by Gasteiger charge is -2.35. The van der Waals surface area contributed by atoms with Crippen LogP contribution in [0.4, 0.5) is 4.39 Å². The van der Waals surface area contributed by atoms with Crippen molar-refractivity contribution in [3.8, 4) is 5.75 Å². The van der Waals surface area contributed by atoms with Gasteiger partial charge in [-0.1, -0.05) is 0 Å². The van der Waals surface area contributed by atoms with E-state index in [2.05, 4.69) is 5.32 Å². The number of hydrogen-bond donors (Lipinski definition) is 1. The molecule has 116 valence electrons. The van der Waals surface area contributed by atoms with E-state index in [-0.39, 0.29) is 37.3 Å². The van der Waals surface area contributed by atoms with E-state index in [0.717, 1.165) is 6.26 Å². The van der Waals surface area contributed by atoms with E-state index < -0.39 is 10.0 Å². The van der Waals surface area contributed by atoms with Crippen molar-refractivity contribution in [3.05, 3.63) is 30.1 Å². The third-order valence-corrected chi connectivity index (χ3v) is 4.41. The molecule has 0 aromatic heterocycles. The summed E-state index contributed by atoms with van der Waals surface area (Å²) in [5.74, 6) is -0.295. The van der Waals surface area contributed by atoms with E-state index in [9.17, 15) is 17.6 Å². The second-order valence-corrected chi connectivity index (χ2v) is 6.85. The van der Waals surface area contributed by atoms with Gasteiger partial charge in [0.15, 0.2) is 0 Å². The Morgan fingerprint density at radius 2 is 2.00 bits per heavy atom. The van der Waals surface area contributed by atoms with Gasteiger partial charge in [0.1, 0.15) is 18.2 Å². The SMILES string of the molecule is CS(=O)(=O)N1CC(C(=O)NCCOc2ccc(F)cc2)C1. The number of rotatable bonds is 6. The zero-order chi connectivity index (χ0) is 15.5. The average Bonchev–Trinajstić information content (AvgIpc) is 2.33. The molecular formula is C13H17FN2O4S. The standard InChI is InChI=1S/C13H17FN2O4S/c1-21(18,19)16-8-10(9-16)13(17)15-6-7-20-12-4-2-11(14)3-5-12/h2-5,10H,6-9H2,1H3,(H,15,17). The second-order valence-electron chi connectivity index (χ2n) is 4.87. The first-order valence-corrected chi connectivity index (χ1v) is 8.32. The molecule has 0 saturated carbocycles. The van der Waals surface area contributed by atoms with Crippen LogP contribution >= 0.6 is 0 Å². The number of halogens is 1. The van der Waals surface area contributed by atoms with Crippen LogP contribution < -0.4 is 10.1 Å². The van der Waals surface area contributed by atoms with E-state index in [1.54, 1.807) is 0 Å². The molecule has 8 heteroatoms. The average molecular weight is 316 g/mol. The molecule has 1 saturated heterocycles. The maximum Gasteiger partial charge on any atom is 0.225 e. The van der Waals surface area contributed by atoms with Crippen molar-refractivity contribution in [1.82, 2.24) is 9.62 Å². The van der Waals surface area contributed by atoms with Crippen molar-refractivity contribution in [2.45, 2.75) is 0 Å². The van der Waals surface area contributed by atoms with E-state index in [4.69, 9.17) is 4.74 Å². The van der Waals surface area contributed by atoms with Gasteiger partial charge in [-0.05, 0) is 24.3 Å². The lowest BCUT2D eigenvalue weighted by atomic mass is 10.0. The normalized spacial score (nSPS) is 16.3. The third-order valence-electron chi connectivity index (χ3n) is 3.17. The second kappa shape index (κ2) is 6.40. The number of benzene rings is 1. The Labute approximate surface area is 122 Å². The molecule has 0 aliphatic carbocycles. The molecule has 6 nitrogen and oxygen atoms in total. The van der Waals surface area contributed by atoms with Crippen LogP contribution in [-0.4, -0.2) is 51.1 Å². The Hall–Kier alpha value is -1.67. The molecule has 1 aliphatic rings. The molecule has 1 aromatic carbocycles. The minimum absolute atomic E-state index is 0.183. The molecule has 0 radical (unpaired) electrons. The van der Waals surface area contributed by atoms with E-state index in [0.29, 0.717) is 12.3 Å². The van der Waals surface area contributed by atoms with Crippen molar-refractivity contribution < 1.29 is 22.3 Å². The van der Waals surface area contributed by atoms with E-state index in [1.807, 2.05) is 0 Å². The predicted molar refractivity (Wildman–Crippen MR) is 74.8 cm³/mol. The van der Waals surface area contributed by atoms with E-state index in [1.165, 1.54) is 28.6 Å². The zero-order valence-electron chi connectivity index (χ0n) is 11.6. The molecule has 0 spiro atoms. The summed E-state index contributed by atoms with van der Waals surface area (Å²) in [6.07, 6.45) is 1.12. The molecule has 1 aromatic rings. The summed E-state index contributed by atoms with van der Waals surface area (Å²) in [6, 6.07) is 5.60. The molecule has 1 fully saturated rings. The van der Waals surface area contributed by atoms with Crippen molar-refractivity contribution >= 4 is 15.9 Å². The Morgan fingerprint density at radius 1 is 1.38 bits per heavy atom. The summed E-state index contributed by atoms with van der Waals surface area (Å²) in [5.41, 5.74) is 0. The van der Waals surface area contributed by atoms with Gasteiger partial charge in [0.2, 0.25) is 15.9 Å². The Morgan fingerprint density at radius 3 is 2.57 bits per heavy atom. The molecule has 0 atom stereocenters. The molecule has 1 heterocycles. The van der Waals surface area contributed by atoms with Crippen LogP contribution in [-0.2, 0) is 14.8 Å². The van der Waals surface area contributed by atoms with Crippen LogP contribution in [0.5, 0.6) is 5.75 Å². The third kappa shape index (κ3) is 4.40. The van der Waals surface area contributed by atoms with Crippen LogP contribution in [0.15, 0.2) is 24.3 Å². The molecule has 2 rings (SSSR count). The number of ether oxygens (including phenoxy) is 1. The smallest absolute Gasteiger partial charge is 0.225 e. The maximum atomic E-state index is 12.7. The summed E-state index contributed by atoms with van der Waals surface area (Å²) in [6.45, 7) is 1.03. The Kier molecular flexibility index (Phi) is 4.79. The molecule has 1 amide bonds. The lowest BCUT2D eigenvalue weighted by Crippen LogP contribution is -2.55. The maximum absolute atomic E-state index is 12.7. The Balaban J connectivity index is 1.63. The minimum atomic E-state index is -3.20. The highest BCUT2D eigenvalue weighted by molar-refractivity contribution is 7.88. The number of carbonyl (C=O) groups excluding carboxylic acids is 1. The van der Waals surface area contributed by atoms with Gasteiger partial charge in [-0.2, -0.15) is 0 Å².